The first-order valence-corrected chi connectivity index (χ1v) is 6.78. The lowest BCUT2D eigenvalue weighted by Gasteiger charge is -2.15. The van der Waals surface area contributed by atoms with Crippen molar-refractivity contribution in [2.24, 2.45) is 5.92 Å². The quantitative estimate of drug-likeness (QED) is 0.770. The third kappa shape index (κ3) is 3.58. The summed E-state index contributed by atoms with van der Waals surface area (Å²) in [6.07, 6.45) is 4.32. The van der Waals surface area contributed by atoms with E-state index in [2.05, 4.69) is 30.1 Å². The van der Waals surface area contributed by atoms with Crippen LogP contribution in [0.4, 0.5) is 0 Å². The number of furan rings is 1. The van der Waals surface area contributed by atoms with Gasteiger partial charge < -0.3 is 9.73 Å². The van der Waals surface area contributed by atoms with Crippen molar-refractivity contribution < 1.29 is 4.42 Å². The Kier molecular flexibility index (Phi) is 4.63. The molecule has 3 heteroatoms. The van der Waals surface area contributed by atoms with E-state index in [1.165, 1.54) is 31.5 Å². The zero-order valence-electron chi connectivity index (χ0n) is 11.0. The number of nitrogens with zero attached hydrogens (tertiary/aromatic N) is 1. The molecule has 1 aliphatic rings. The Morgan fingerprint density at radius 3 is 3.12 bits per heavy atom. The summed E-state index contributed by atoms with van der Waals surface area (Å²) in [5.41, 5.74) is 1.35. The molecule has 1 aliphatic heterocycles. The topological polar surface area (TPSA) is 28.4 Å². The van der Waals surface area contributed by atoms with Gasteiger partial charge in [-0.3, -0.25) is 4.90 Å². The van der Waals surface area contributed by atoms with Crippen LogP contribution in [0, 0.1) is 5.92 Å². The maximum absolute atomic E-state index is 5.56. The number of hydrogen-bond acceptors (Lipinski definition) is 3. The van der Waals surface area contributed by atoms with E-state index in [9.17, 15) is 0 Å². The molecule has 0 bridgehead atoms. The lowest BCUT2D eigenvalue weighted by atomic mass is 10.2. The Bertz CT molecular complexity index is 335. The zero-order valence-corrected chi connectivity index (χ0v) is 11.0. The highest BCUT2D eigenvalue weighted by molar-refractivity contribution is 5.17. The third-order valence-corrected chi connectivity index (χ3v) is 3.45. The Labute approximate surface area is 104 Å². The van der Waals surface area contributed by atoms with Gasteiger partial charge in [-0.05, 0) is 37.9 Å². The number of hydrogen-bond donors (Lipinski definition) is 1. The molecule has 0 spiro atoms. The second-order valence-electron chi connectivity index (χ2n) is 5.17. The van der Waals surface area contributed by atoms with E-state index in [4.69, 9.17) is 4.42 Å². The highest BCUT2D eigenvalue weighted by atomic mass is 16.3. The van der Waals surface area contributed by atoms with E-state index in [0.717, 1.165) is 31.3 Å². The Morgan fingerprint density at radius 1 is 1.53 bits per heavy atom. The normalized spacial score (nSPS) is 21.2. The molecule has 0 amide bonds. The van der Waals surface area contributed by atoms with E-state index < -0.39 is 0 Å². The summed E-state index contributed by atoms with van der Waals surface area (Å²) in [5, 5.41) is 3.40. The molecule has 1 N–H and O–H groups in total. The summed E-state index contributed by atoms with van der Waals surface area (Å²) >= 11 is 0. The lowest BCUT2D eigenvalue weighted by Crippen LogP contribution is -2.21. The SMILES string of the molecule is CCCNCc1occc1CN1CCC(C)C1. The first-order valence-electron chi connectivity index (χ1n) is 6.78. The first kappa shape index (κ1) is 12.7. The molecular formula is C14H24N2O. The van der Waals surface area contributed by atoms with Gasteiger partial charge in [0.05, 0.1) is 12.8 Å². The van der Waals surface area contributed by atoms with Gasteiger partial charge in [-0.15, -0.1) is 0 Å². The minimum absolute atomic E-state index is 0.851. The van der Waals surface area contributed by atoms with Crippen molar-refractivity contribution in [2.75, 3.05) is 19.6 Å². The maximum atomic E-state index is 5.56. The molecule has 3 nitrogen and oxygen atoms in total. The molecule has 0 saturated carbocycles. The molecular weight excluding hydrogens is 212 g/mol. The van der Waals surface area contributed by atoms with Crippen LogP contribution in [0.25, 0.3) is 0 Å². The van der Waals surface area contributed by atoms with Crippen LogP contribution in [0.1, 0.15) is 38.0 Å². The summed E-state index contributed by atoms with van der Waals surface area (Å²) < 4.78 is 5.56. The van der Waals surface area contributed by atoms with Crippen molar-refractivity contribution in [1.29, 1.82) is 0 Å². The fourth-order valence-corrected chi connectivity index (χ4v) is 2.45. The molecule has 1 unspecified atom stereocenters. The third-order valence-electron chi connectivity index (χ3n) is 3.45. The zero-order chi connectivity index (χ0) is 12.1. The first-order chi connectivity index (χ1) is 8.29. The predicted molar refractivity (Wildman–Crippen MR) is 69.8 cm³/mol. The molecule has 0 aromatic carbocycles. The molecule has 0 radical (unpaired) electrons. The Hall–Kier alpha value is -0.800. The van der Waals surface area contributed by atoms with Crippen molar-refractivity contribution in [3.8, 4) is 0 Å². The van der Waals surface area contributed by atoms with Crippen LogP contribution < -0.4 is 5.32 Å². The number of nitrogens with one attached hydrogen (secondary N) is 1. The fraction of sp³-hybridized carbons (Fsp3) is 0.714. The van der Waals surface area contributed by atoms with Gasteiger partial charge in [0.1, 0.15) is 5.76 Å². The van der Waals surface area contributed by atoms with Crippen LogP contribution >= 0.6 is 0 Å². The van der Waals surface area contributed by atoms with Gasteiger partial charge in [0.2, 0.25) is 0 Å². The van der Waals surface area contributed by atoms with Gasteiger partial charge in [0, 0.05) is 18.7 Å². The summed E-state index contributed by atoms with van der Waals surface area (Å²) in [7, 11) is 0. The molecule has 1 aromatic heterocycles. The summed E-state index contributed by atoms with van der Waals surface area (Å²) in [4.78, 5) is 2.53. The van der Waals surface area contributed by atoms with Crippen LogP contribution in [-0.4, -0.2) is 24.5 Å². The fourth-order valence-electron chi connectivity index (χ4n) is 2.45. The van der Waals surface area contributed by atoms with Crippen LogP contribution in [0.5, 0.6) is 0 Å². The van der Waals surface area contributed by atoms with Crippen LogP contribution in [0.15, 0.2) is 16.7 Å². The van der Waals surface area contributed by atoms with E-state index in [1.807, 2.05) is 6.26 Å². The highest BCUT2D eigenvalue weighted by Crippen LogP contribution is 2.20. The van der Waals surface area contributed by atoms with Gasteiger partial charge >= 0.3 is 0 Å². The number of rotatable bonds is 6. The molecule has 1 aromatic rings. The van der Waals surface area contributed by atoms with E-state index in [-0.39, 0.29) is 0 Å². The summed E-state index contributed by atoms with van der Waals surface area (Å²) in [6, 6.07) is 2.12. The highest BCUT2D eigenvalue weighted by Gasteiger charge is 2.20. The minimum Gasteiger partial charge on any atom is -0.468 e. The molecule has 2 rings (SSSR count). The smallest absolute Gasteiger partial charge is 0.122 e. The number of likely N-dealkylation sites (tertiary alicyclic amines) is 1. The van der Waals surface area contributed by atoms with Gasteiger partial charge in [0.15, 0.2) is 0 Å². The molecule has 17 heavy (non-hydrogen) atoms. The molecule has 96 valence electrons. The van der Waals surface area contributed by atoms with E-state index >= 15 is 0 Å². The Balaban J connectivity index is 1.85. The van der Waals surface area contributed by atoms with Crippen LogP contribution in [-0.2, 0) is 13.1 Å². The van der Waals surface area contributed by atoms with Crippen molar-refractivity contribution in [3.63, 3.8) is 0 Å². The van der Waals surface area contributed by atoms with Gasteiger partial charge in [-0.2, -0.15) is 0 Å². The molecule has 0 aliphatic carbocycles. The molecule has 1 fully saturated rings. The van der Waals surface area contributed by atoms with Crippen molar-refractivity contribution in [2.45, 2.75) is 39.8 Å². The molecule has 1 atom stereocenters. The minimum atomic E-state index is 0.851. The van der Waals surface area contributed by atoms with E-state index in [0.29, 0.717) is 0 Å². The van der Waals surface area contributed by atoms with Crippen molar-refractivity contribution >= 4 is 0 Å². The Morgan fingerprint density at radius 2 is 2.41 bits per heavy atom. The lowest BCUT2D eigenvalue weighted by molar-refractivity contribution is 0.316. The monoisotopic (exact) mass is 236 g/mol. The van der Waals surface area contributed by atoms with Crippen LogP contribution in [0.2, 0.25) is 0 Å². The second kappa shape index (κ2) is 6.22. The van der Waals surface area contributed by atoms with Crippen LogP contribution in [0.3, 0.4) is 0 Å². The largest absolute Gasteiger partial charge is 0.468 e. The van der Waals surface area contributed by atoms with Gasteiger partial charge in [0.25, 0.3) is 0 Å². The summed E-state index contributed by atoms with van der Waals surface area (Å²) in [5.74, 6) is 1.96. The average Bonchev–Trinajstić information content (AvgIpc) is 2.90. The van der Waals surface area contributed by atoms with Gasteiger partial charge in [-0.1, -0.05) is 13.8 Å². The summed E-state index contributed by atoms with van der Waals surface area (Å²) in [6.45, 7) is 9.94. The second-order valence-corrected chi connectivity index (χ2v) is 5.17. The van der Waals surface area contributed by atoms with Crippen molar-refractivity contribution in [3.05, 3.63) is 23.7 Å². The van der Waals surface area contributed by atoms with Gasteiger partial charge in [-0.25, -0.2) is 0 Å². The maximum Gasteiger partial charge on any atom is 0.122 e. The molecule has 2 heterocycles. The average molecular weight is 236 g/mol. The predicted octanol–water partition coefficient (Wildman–Crippen LogP) is 2.62. The van der Waals surface area contributed by atoms with E-state index in [1.54, 1.807) is 0 Å². The van der Waals surface area contributed by atoms with Crippen molar-refractivity contribution in [1.82, 2.24) is 10.2 Å². The molecule has 1 saturated heterocycles. The standard InChI is InChI=1S/C14H24N2O/c1-3-6-15-9-14-13(5-8-17-14)11-16-7-4-12(2)10-16/h5,8,12,15H,3-4,6-7,9-11H2,1-2H3.